The molecule has 8 nitrogen and oxygen atoms in total. The molecular formula is C18H32O8. The van der Waals surface area contributed by atoms with Crippen molar-refractivity contribution in [2.24, 2.45) is 0 Å². The van der Waals surface area contributed by atoms with Gasteiger partial charge >= 0.3 is 17.9 Å². The molecule has 0 aromatic rings. The van der Waals surface area contributed by atoms with Gasteiger partial charge in [0, 0.05) is 25.7 Å². The van der Waals surface area contributed by atoms with Crippen LogP contribution in [0.3, 0.4) is 0 Å². The first-order chi connectivity index (χ1) is 12.4. The molecule has 0 aliphatic carbocycles. The van der Waals surface area contributed by atoms with E-state index < -0.39 is 42.8 Å². The van der Waals surface area contributed by atoms with Crippen molar-refractivity contribution in [1.82, 2.24) is 0 Å². The molecule has 0 heterocycles. The van der Waals surface area contributed by atoms with Crippen molar-refractivity contribution in [2.75, 3.05) is 13.2 Å². The van der Waals surface area contributed by atoms with E-state index in [4.69, 9.17) is 19.3 Å². The Labute approximate surface area is 154 Å². The van der Waals surface area contributed by atoms with Gasteiger partial charge in [-0.1, -0.05) is 20.8 Å². The highest BCUT2D eigenvalue weighted by atomic mass is 16.6. The molecule has 152 valence electrons. The normalized spacial score (nSPS) is 14.2. The highest BCUT2D eigenvalue weighted by Gasteiger charge is 2.31. The van der Waals surface area contributed by atoms with Crippen molar-refractivity contribution in [2.45, 2.75) is 84.0 Å². The lowest BCUT2D eigenvalue weighted by Crippen LogP contribution is -2.41. The molecule has 2 N–H and O–H groups in total. The minimum atomic E-state index is -1.16. The van der Waals surface area contributed by atoms with E-state index in [1.165, 1.54) is 0 Å². The minimum Gasteiger partial charge on any atom is -0.462 e. The summed E-state index contributed by atoms with van der Waals surface area (Å²) in [5.41, 5.74) is 0. The van der Waals surface area contributed by atoms with Crippen LogP contribution >= 0.6 is 0 Å². The summed E-state index contributed by atoms with van der Waals surface area (Å²) in [7, 11) is 0. The van der Waals surface area contributed by atoms with Crippen LogP contribution in [0.4, 0.5) is 0 Å². The molecule has 0 aliphatic rings. The van der Waals surface area contributed by atoms with E-state index in [0.29, 0.717) is 19.3 Å². The molecule has 3 unspecified atom stereocenters. The summed E-state index contributed by atoms with van der Waals surface area (Å²) in [5, 5.41) is 18.8. The molecular weight excluding hydrogens is 344 g/mol. The molecule has 0 fully saturated rings. The van der Waals surface area contributed by atoms with Gasteiger partial charge < -0.3 is 24.4 Å². The Morgan fingerprint density at radius 1 is 0.808 bits per heavy atom. The van der Waals surface area contributed by atoms with Gasteiger partial charge in [-0.15, -0.1) is 0 Å². The number of aliphatic hydroxyl groups excluding tert-OH is 2. The summed E-state index contributed by atoms with van der Waals surface area (Å²) in [6.07, 6.45) is -1.07. The molecule has 0 spiro atoms. The van der Waals surface area contributed by atoms with Crippen LogP contribution in [-0.2, 0) is 28.6 Å². The highest BCUT2D eigenvalue weighted by Crippen LogP contribution is 2.15. The van der Waals surface area contributed by atoms with Gasteiger partial charge in [0.25, 0.3) is 0 Å². The predicted octanol–water partition coefficient (Wildman–Crippen LogP) is 1.50. The van der Waals surface area contributed by atoms with E-state index in [1.54, 1.807) is 0 Å². The maximum atomic E-state index is 11.9. The van der Waals surface area contributed by atoms with Gasteiger partial charge in [0.05, 0.1) is 12.7 Å². The van der Waals surface area contributed by atoms with Gasteiger partial charge in [0.1, 0.15) is 12.7 Å². The van der Waals surface area contributed by atoms with Crippen molar-refractivity contribution in [3.8, 4) is 0 Å². The molecule has 0 radical (unpaired) electrons. The summed E-state index contributed by atoms with van der Waals surface area (Å²) >= 11 is 0. The lowest BCUT2D eigenvalue weighted by atomic mass is 10.1. The Balaban J connectivity index is 5.18. The van der Waals surface area contributed by atoms with Gasteiger partial charge in [0.2, 0.25) is 0 Å². The lowest BCUT2D eigenvalue weighted by molar-refractivity contribution is -0.178. The fraction of sp³-hybridized carbons (Fsp3) is 0.833. The van der Waals surface area contributed by atoms with Crippen LogP contribution in [0.5, 0.6) is 0 Å². The fourth-order valence-electron chi connectivity index (χ4n) is 2.15. The van der Waals surface area contributed by atoms with Crippen molar-refractivity contribution in [1.29, 1.82) is 0 Å². The van der Waals surface area contributed by atoms with Gasteiger partial charge in [-0.3, -0.25) is 14.4 Å². The average Bonchev–Trinajstić information content (AvgIpc) is 2.58. The Morgan fingerprint density at radius 2 is 1.27 bits per heavy atom. The Morgan fingerprint density at radius 3 is 1.73 bits per heavy atom. The SMILES string of the molecule is CCCC(=O)OCC(OC(=O)CCC)C(CC(O)CO)OC(=O)CCC. The number of hydrogen-bond acceptors (Lipinski definition) is 8. The first-order valence-electron chi connectivity index (χ1n) is 9.21. The molecule has 0 bridgehead atoms. The first-order valence-corrected chi connectivity index (χ1v) is 9.21. The van der Waals surface area contributed by atoms with Crippen LogP contribution in [0.2, 0.25) is 0 Å². The maximum Gasteiger partial charge on any atom is 0.306 e. The number of aliphatic hydroxyl groups is 2. The van der Waals surface area contributed by atoms with E-state index >= 15 is 0 Å². The quantitative estimate of drug-likeness (QED) is 0.346. The molecule has 0 saturated heterocycles. The summed E-state index contributed by atoms with van der Waals surface area (Å²) in [5.74, 6) is -1.48. The second-order valence-corrected chi connectivity index (χ2v) is 6.06. The number of rotatable bonds is 14. The Kier molecular flexibility index (Phi) is 13.6. The Bertz CT molecular complexity index is 423. The molecule has 0 aliphatic heterocycles. The smallest absolute Gasteiger partial charge is 0.306 e. The second kappa shape index (κ2) is 14.5. The standard InChI is InChI=1S/C18H32O8/c1-4-7-16(21)24-12-15(26-18(23)9-6-3)14(10-13(20)11-19)25-17(22)8-5-2/h13-15,19-20H,4-12H2,1-3H3. The number of carbonyl (C=O) groups is 3. The van der Waals surface area contributed by atoms with Gasteiger partial charge in [-0.25, -0.2) is 0 Å². The topological polar surface area (TPSA) is 119 Å². The first kappa shape index (κ1) is 24.3. The van der Waals surface area contributed by atoms with Gasteiger partial charge in [-0.2, -0.15) is 0 Å². The van der Waals surface area contributed by atoms with Crippen LogP contribution in [0, 0.1) is 0 Å². The predicted molar refractivity (Wildman–Crippen MR) is 93.2 cm³/mol. The molecule has 26 heavy (non-hydrogen) atoms. The molecule has 0 amide bonds. The lowest BCUT2D eigenvalue weighted by Gasteiger charge is -2.28. The van der Waals surface area contributed by atoms with Crippen LogP contribution in [0.15, 0.2) is 0 Å². The van der Waals surface area contributed by atoms with E-state index in [2.05, 4.69) is 0 Å². The van der Waals surface area contributed by atoms with E-state index in [0.717, 1.165) is 0 Å². The zero-order valence-corrected chi connectivity index (χ0v) is 15.9. The van der Waals surface area contributed by atoms with Gasteiger partial charge in [-0.05, 0) is 19.3 Å². The number of carbonyl (C=O) groups excluding carboxylic acids is 3. The molecule has 8 heteroatoms. The summed E-state index contributed by atoms with van der Waals surface area (Å²) in [6.45, 7) is 4.63. The summed E-state index contributed by atoms with van der Waals surface area (Å²) in [4.78, 5) is 35.4. The van der Waals surface area contributed by atoms with Crippen molar-refractivity contribution >= 4 is 17.9 Å². The van der Waals surface area contributed by atoms with Crippen LogP contribution in [0.1, 0.15) is 65.7 Å². The molecule has 0 rings (SSSR count). The number of ether oxygens (including phenoxy) is 3. The van der Waals surface area contributed by atoms with E-state index in [-0.39, 0.29) is 32.3 Å². The van der Waals surface area contributed by atoms with E-state index in [9.17, 15) is 19.5 Å². The van der Waals surface area contributed by atoms with Crippen molar-refractivity contribution in [3.63, 3.8) is 0 Å². The summed E-state index contributed by atoms with van der Waals surface area (Å²) in [6, 6.07) is 0. The monoisotopic (exact) mass is 376 g/mol. The largest absolute Gasteiger partial charge is 0.462 e. The third-order valence-corrected chi connectivity index (χ3v) is 3.47. The van der Waals surface area contributed by atoms with Gasteiger partial charge in [0.15, 0.2) is 6.10 Å². The average molecular weight is 376 g/mol. The minimum absolute atomic E-state index is 0.138. The van der Waals surface area contributed by atoms with Crippen LogP contribution < -0.4 is 0 Å². The zero-order chi connectivity index (χ0) is 19.9. The number of esters is 3. The highest BCUT2D eigenvalue weighted by molar-refractivity contribution is 5.71. The molecule has 0 saturated carbocycles. The molecule has 0 aromatic heterocycles. The van der Waals surface area contributed by atoms with Crippen LogP contribution in [-0.4, -0.2) is 59.6 Å². The zero-order valence-electron chi connectivity index (χ0n) is 15.9. The molecule has 0 aromatic carbocycles. The number of hydrogen-bond donors (Lipinski definition) is 2. The second-order valence-electron chi connectivity index (χ2n) is 6.06. The summed E-state index contributed by atoms with van der Waals surface area (Å²) < 4.78 is 15.7. The van der Waals surface area contributed by atoms with Crippen LogP contribution in [0.25, 0.3) is 0 Å². The molecule has 3 atom stereocenters. The fourth-order valence-corrected chi connectivity index (χ4v) is 2.15. The third-order valence-electron chi connectivity index (χ3n) is 3.47. The van der Waals surface area contributed by atoms with E-state index in [1.807, 2.05) is 20.8 Å². The third kappa shape index (κ3) is 11.0. The Hall–Kier alpha value is -1.67. The maximum absolute atomic E-state index is 11.9. The van der Waals surface area contributed by atoms with Crippen molar-refractivity contribution in [3.05, 3.63) is 0 Å². The van der Waals surface area contributed by atoms with Crippen molar-refractivity contribution < 1.29 is 38.8 Å².